The van der Waals surface area contributed by atoms with E-state index >= 15 is 0 Å². The molecule has 7 heteroatoms. The molecule has 0 bridgehead atoms. The summed E-state index contributed by atoms with van der Waals surface area (Å²) in [6, 6.07) is 13.3. The van der Waals surface area contributed by atoms with Gasteiger partial charge in [0, 0.05) is 31.3 Å². The van der Waals surface area contributed by atoms with Crippen LogP contribution < -0.4 is 10.5 Å². The summed E-state index contributed by atoms with van der Waals surface area (Å²) in [7, 11) is 3.47. The number of hydrogen-bond acceptors (Lipinski definition) is 4. The predicted octanol–water partition coefficient (Wildman–Crippen LogP) is 3.40. The molecule has 144 valence electrons. The number of carbonyl (C=O) groups is 1. The van der Waals surface area contributed by atoms with Crippen molar-refractivity contribution in [1.29, 1.82) is 0 Å². The van der Waals surface area contributed by atoms with Gasteiger partial charge in [0.1, 0.15) is 5.75 Å². The Hall–Kier alpha value is -2.83. The number of halogens is 1. The van der Waals surface area contributed by atoms with Crippen LogP contribution in [0.5, 0.6) is 5.75 Å². The molecule has 0 saturated carbocycles. The Morgan fingerprint density at radius 2 is 2.00 bits per heavy atom. The van der Waals surface area contributed by atoms with Crippen molar-refractivity contribution < 1.29 is 9.53 Å². The lowest BCUT2D eigenvalue weighted by Crippen LogP contribution is -2.34. The second-order valence-electron chi connectivity index (χ2n) is 6.79. The molecule has 3 aromatic rings. The van der Waals surface area contributed by atoms with Gasteiger partial charge in [-0.25, -0.2) is 0 Å². The number of fused-ring (bicyclic) bond motifs is 1. The number of methoxy groups -OCH3 is 1. The van der Waals surface area contributed by atoms with Gasteiger partial charge in [-0.15, -0.1) is 0 Å². The van der Waals surface area contributed by atoms with Gasteiger partial charge in [0.05, 0.1) is 30.1 Å². The topological polar surface area (TPSA) is 73.4 Å². The predicted molar refractivity (Wildman–Crippen MR) is 108 cm³/mol. The van der Waals surface area contributed by atoms with Crippen molar-refractivity contribution in [3.05, 3.63) is 70.4 Å². The molecule has 2 N–H and O–H groups in total. The lowest BCUT2D eigenvalue weighted by atomic mass is 10.0. The van der Waals surface area contributed by atoms with Crippen molar-refractivity contribution >= 4 is 17.5 Å². The van der Waals surface area contributed by atoms with Gasteiger partial charge in [-0.05, 0) is 35.4 Å². The smallest absolute Gasteiger partial charge is 0.255 e. The highest BCUT2D eigenvalue weighted by Crippen LogP contribution is 2.35. The molecule has 6 nitrogen and oxygen atoms in total. The third-order valence-electron chi connectivity index (χ3n) is 5.20. The van der Waals surface area contributed by atoms with Gasteiger partial charge in [0.25, 0.3) is 5.91 Å². The van der Waals surface area contributed by atoms with Crippen LogP contribution in [-0.2, 0) is 13.6 Å². The van der Waals surface area contributed by atoms with Crippen LogP contribution in [0.2, 0.25) is 5.02 Å². The Labute approximate surface area is 168 Å². The van der Waals surface area contributed by atoms with Crippen molar-refractivity contribution in [2.45, 2.75) is 12.6 Å². The van der Waals surface area contributed by atoms with Crippen LogP contribution in [0.15, 0.2) is 48.7 Å². The maximum absolute atomic E-state index is 13.0. The number of benzene rings is 2. The molecule has 0 saturated heterocycles. The largest absolute Gasteiger partial charge is 0.497 e. The fourth-order valence-electron chi connectivity index (χ4n) is 3.75. The zero-order valence-electron chi connectivity index (χ0n) is 15.7. The number of rotatable bonds is 5. The molecule has 2 heterocycles. The number of nitrogens with two attached hydrogens (primary N) is 1. The molecular weight excluding hydrogens is 376 g/mol. The highest BCUT2D eigenvalue weighted by molar-refractivity contribution is 6.33. The molecular formula is C21H21ClN4O2. The quantitative estimate of drug-likeness (QED) is 0.717. The molecule has 1 aliphatic heterocycles. The van der Waals surface area contributed by atoms with E-state index in [0.717, 1.165) is 28.1 Å². The Kier molecular flexibility index (Phi) is 4.83. The zero-order valence-corrected chi connectivity index (χ0v) is 16.5. The first-order valence-corrected chi connectivity index (χ1v) is 9.37. The van der Waals surface area contributed by atoms with Crippen LogP contribution in [0.4, 0.5) is 0 Å². The van der Waals surface area contributed by atoms with Crippen LogP contribution in [0.1, 0.15) is 27.5 Å². The molecule has 0 aliphatic carbocycles. The number of aromatic nitrogens is 2. The first kappa shape index (κ1) is 18.5. The van der Waals surface area contributed by atoms with E-state index in [0.29, 0.717) is 23.7 Å². The van der Waals surface area contributed by atoms with Crippen molar-refractivity contribution in [3.8, 4) is 17.0 Å². The number of hydrogen-bond donors (Lipinski definition) is 1. The molecule has 1 aliphatic rings. The minimum Gasteiger partial charge on any atom is -0.497 e. The molecule has 1 atom stereocenters. The third kappa shape index (κ3) is 3.04. The number of nitrogens with zero attached hydrogens (tertiary/aromatic N) is 3. The molecule has 1 amide bonds. The Morgan fingerprint density at radius 3 is 2.61 bits per heavy atom. The molecule has 4 rings (SSSR count). The third-order valence-corrected chi connectivity index (χ3v) is 5.48. The average Bonchev–Trinajstić information content (AvgIpc) is 3.22. The molecule has 0 fully saturated rings. The van der Waals surface area contributed by atoms with Gasteiger partial charge in [0.15, 0.2) is 0 Å². The van der Waals surface area contributed by atoms with Crippen LogP contribution in [0, 0.1) is 0 Å². The number of ether oxygens (including phenoxy) is 1. The number of carbonyl (C=O) groups excluding carboxylic acids is 1. The maximum Gasteiger partial charge on any atom is 0.255 e. The van der Waals surface area contributed by atoms with Gasteiger partial charge >= 0.3 is 0 Å². The van der Waals surface area contributed by atoms with E-state index < -0.39 is 0 Å². The van der Waals surface area contributed by atoms with Gasteiger partial charge in [0.2, 0.25) is 0 Å². The van der Waals surface area contributed by atoms with Crippen molar-refractivity contribution in [1.82, 2.24) is 14.7 Å². The summed E-state index contributed by atoms with van der Waals surface area (Å²) in [6.45, 7) is 0.845. The van der Waals surface area contributed by atoms with E-state index in [1.807, 2.05) is 54.4 Å². The molecule has 0 spiro atoms. The minimum absolute atomic E-state index is 0.0103. The van der Waals surface area contributed by atoms with E-state index in [1.54, 1.807) is 18.0 Å². The summed E-state index contributed by atoms with van der Waals surface area (Å²) in [5, 5.41) is 4.78. The standard InChI is InChI=1S/C21H21ClN4O2/c1-25-20(18(22)11-24-25)14-5-8-17-15(9-14)12-26(21(17)27)19(10-23)13-3-6-16(28-2)7-4-13/h3-9,11,19H,10,12,23H2,1-2H3. The average molecular weight is 397 g/mol. The van der Waals surface area contributed by atoms with Crippen LogP contribution in [0.3, 0.4) is 0 Å². The molecule has 0 radical (unpaired) electrons. The van der Waals surface area contributed by atoms with E-state index in [4.69, 9.17) is 22.1 Å². The van der Waals surface area contributed by atoms with E-state index in [-0.39, 0.29) is 11.9 Å². The van der Waals surface area contributed by atoms with Crippen LogP contribution >= 0.6 is 11.6 Å². The van der Waals surface area contributed by atoms with Crippen LogP contribution in [0.25, 0.3) is 11.3 Å². The van der Waals surface area contributed by atoms with Gasteiger partial charge < -0.3 is 15.4 Å². The zero-order chi connectivity index (χ0) is 19.8. The lowest BCUT2D eigenvalue weighted by Gasteiger charge is -2.27. The molecule has 2 aromatic carbocycles. The Morgan fingerprint density at radius 1 is 1.25 bits per heavy atom. The molecule has 1 unspecified atom stereocenters. The summed E-state index contributed by atoms with van der Waals surface area (Å²) in [4.78, 5) is 14.8. The minimum atomic E-state index is -0.199. The van der Waals surface area contributed by atoms with Crippen LogP contribution in [-0.4, -0.2) is 34.2 Å². The van der Waals surface area contributed by atoms with Crippen molar-refractivity contribution in [2.75, 3.05) is 13.7 Å². The monoisotopic (exact) mass is 396 g/mol. The first-order chi connectivity index (χ1) is 13.5. The fraction of sp³-hybridized carbons (Fsp3) is 0.238. The highest BCUT2D eigenvalue weighted by atomic mass is 35.5. The highest BCUT2D eigenvalue weighted by Gasteiger charge is 2.33. The Bertz CT molecular complexity index is 1010. The second kappa shape index (κ2) is 7.30. The second-order valence-corrected chi connectivity index (χ2v) is 7.20. The van der Waals surface area contributed by atoms with Gasteiger partial charge in [-0.2, -0.15) is 5.10 Å². The summed E-state index contributed by atoms with van der Waals surface area (Å²) in [6.07, 6.45) is 1.62. The lowest BCUT2D eigenvalue weighted by molar-refractivity contribution is 0.0707. The van der Waals surface area contributed by atoms with Crippen molar-refractivity contribution in [2.24, 2.45) is 12.8 Å². The SMILES string of the molecule is COc1ccc(C(CN)N2Cc3cc(-c4c(Cl)cnn4C)ccc3C2=O)cc1. The van der Waals surface area contributed by atoms with Gasteiger partial charge in [-0.1, -0.05) is 29.8 Å². The normalized spacial score (nSPS) is 14.3. The Balaban J connectivity index is 1.66. The van der Waals surface area contributed by atoms with Gasteiger partial charge in [-0.3, -0.25) is 9.48 Å². The summed E-state index contributed by atoms with van der Waals surface area (Å²) in [5.41, 5.74) is 10.5. The first-order valence-electron chi connectivity index (χ1n) is 8.99. The molecule has 1 aromatic heterocycles. The number of aryl methyl sites for hydroxylation is 1. The summed E-state index contributed by atoms with van der Waals surface area (Å²) < 4.78 is 6.95. The fourth-order valence-corrected chi connectivity index (χ4v) is 4.02. The van der Waals surface area contributed by atoms with E-state index in [1.165, 1.54) is 0 Å². The van der Waals surface area contributed by atoms with E-state index in [9.17, 15) is 4.79 Å². The summed E-state index contributed by atoms with van der Waals surface area (Å²) in [5.74, 6) is 0.761. The molecule has 28 heavy (non-hydrogen) atoms. The number of amides is 1. The maximum atomic E-state index is 13.0. The van der Waals surface area contributed by atoms with Crippen molar-refractivity contribution in [3.63, 3.8) is 0 Å². The summed E-state index contributed by atoms with van der Waals surface area (Å²) >= 11 is 6.28. The van der Waals surface area contributed by atoms with E-state index in [2.05, 4.69) is 5.10 Å².